The minimum absolute atomic E-state index is 0.0349. The van der Waals surface area contributed by atoms with Gasteiger partial charge in [-0.3, -0.25) is 14.4 Å². The van der Waals surface area contributed by atoms with Crippen molar-refractivity contribution in [2.24, 2.45) is 5.41 Å². The number of likely N-dealkylation sites (tertiary alicyclic amines) is 1. The van der Waals surface area contributed by atoms with Crippen molar-refractivity contribution in [1.29, 1.82) is 0 Å². The average Bonchev–Trinajstić information content (AvgIpc) is 2.59. The number of nitrogens with zero attached hydrogens (tertiary/aromatic N) is 1. The minimum Gasteiger partial charge on any atom is -0.481 e. The Morgan fingerprint density at radius 3 is 2.46 bits per heavy atom. The molecule has 0 spiro atoms. The van der Waals surface area contributed by atoms with Gasteiger partial charge in [0, 0.05) is 31.5 Å². The van der Waals surface area contributed by atoms with E-state index in [-0.39, 0.29) is 31.1 Å². The van der Waals surface area contributed by atoms with Gasteiger partial charge in [-0.2, -0.15) is 0 Å². The lowest BCUT2D eigenvalue weighted by atomic mass is 9.77. The molecule has 1 heterocycles. The number of ketones is 1. The van der Waals surface area contributed by atoms with Crippen LogP contribution in [-0.2, 0) is 9.59 Å². The third-order valence-electron chi connectivity index (χ3n) is 4.79. The summed E-state index contributed by atoms with van der Waals surface area (Å²) in [5.74, 6) is -1.71. The summed E-state index contributed by atoms with van der Waals surface area (Å²) in [6.07, 6.45) is 1.76. The van der Waals surface area contributed by atoms with E-state index in [0.717, 1.165) is 0 Å². The van der Waals surface area contributed by atoms with Crippen molar-refractivity contribution in [1.82, 2.24) is 4.90 Å². The van der Waals surface area contributed by atoms with Crippen molar-refractivity contribution < 1.29 is 23.9 Å². The monoisotopic (exact) mass is 335 g/mol. The van der Waals surface area contributed by atoms with Crippen molar-refractivity contribution in [2.75, 3.05) is 13.1 Å². The van der Waals surface area contributed by atoms with Crippen LogP contribution < -0.4 is 0 Å². The number of amides is 1. The summed E-state index contributed by atoms with van der Waals surface area (Å²) >= 11 is 0. The van der Waals surface area contributed by atoms with Gasteiger partial charge in [0.2, 0.25) is 5.91 Å². The van der Waals surface area contributed by atoms with Crippen LogP contribution in [0.1, 0.15) is 49.4 Å². The van der Waals surface area contributed by atoms with E-state index >= 15 is 0 Å². The molecule has 1 saturated heterocycles. The van der Waals surface area contributed by atoms with Crippen LogP contribution in [0, 0.1) is 11.2 Å². The number of Topliss-reactive ketones (excluding diaryl/α,β-unsaturated/α-hetero) is 1. The molecular formula is C18H22FNO4. The zero-order valence-corrected chi connectivity index (χ0v) is 13.8. The van der Waals surface area contributed by atoms with Crippen LogP contribution in [0.3, 0.4) is 0 Å². The topological polar surface area (TPSA) is 74.7 Å². The normalized spacial score (nSPS) is 20.7. The molecule has 0 radical (unpaired) electrons. The van der Waals surface area contributed by atoms with Crippen LogP contribution >= 0.6 is 0 Å². The Morgan fingerprint density at radius 1 is 1.21 bits per heavy atom. The number of carbonyl (C=O) groups is 3. The Kier molecular flexibility index (Phi) is 5.70. The summed E-state index contributed by atoms with van der Waals surface area (Å²) in [7, 11) is 0. The van der Waals surface area contributed by atoms with E-state index < -0.39 is 17.2 Å². The molecule has 1 aliphatic heterocycles. The quantitative estimate of drug-likeness (QED) is 0.811. The second-order valence-electron chi connectivity index (χ2n) is 6.29. The molecule has 1 aromatic carbocycles. The third kappa shape index (κ3) is 3.99. The van der Waals surface area contributed by atoms with Gasteiger partial charge in [0.15, 0.2) is 5.78 Å². The van der Waals surface area contributed by atoms with Crippen molar-refractivity contribution in [2.45, 2.75) is 39.0 Å². The fraction of sp³-hybridized carbons (Fsp3) is 0.500. The number of aliphatic carboxylic acids is 1. The van der Waals surface area contributed by atoms with E-state index in [0.29, 0.717) is 31.4 Å². The number of halogens is 1. The molecule has 130 valence electrons. The van der Waals surface area contributed by atoms with E-state index in [1.54, 1.807) is 4.90 Å². The zero-order valence-electron chi connectivity index (χ0n) is 13.8. The second-order valence-corrected chi connectivity index (χ2v) is 6.29. The third-order valence-corrected chi connectivity index (χ3v) is 4.79. The van der Waals surface area contributed by atoms with Crippen molar-refractivity contribution in [3.63, 3.8) is 0 Å². The van der Waals surface area contributed by atoms with Crippen molar-refractivity contribution in [3.05, 3.63) is 35.6 Å². The molecular weight excluding hydrogens is 313 g/mol. The lowest BCUT2D eigenvalue weighted by Gasteiger charge is -2.39. The number of hydrogen-bond donors (Lipinski definition) is 1. The lowest BCUT2D eigenvalue weighted by Crippen LogP contribution is -2.49. The standard InChI is InChI=1S/C18H22FNO4/c1-2-18(17(23)24)10-3-11-20(12-18)16(22)9-8-15(21)13-4-6-14(19)7-5-13/h4-7H,2-3,8-12H2,1H3,(H,23,24)/t18-/m0/s1. The van der Waals surface area contributed by atoms with E-state index in [2.05, 4.69) is 0 Å². The SMILES string of the molecule is CC[C@]1(C(=O)O)CCCN(C(=O)CCC(=O)c2ccc(F)cc2)C1. The molecule has 0 saturated carbocycles. The molecule has 1 atom stereocenters. The van der Waals surface area contributed by atoms with Crippen molar-refractivity contribution in [3.8, 4) is 0 Å². The fourth-order valence-corrected chi connectivity index (χ4v) is 3.12. The van der Waals surface area contributed by atoms with Crippen LogP contribution in [0.25, 0.3) is 0 Å². The van der Waals surface area contributed by atoms with Crippen LogP contribution in [0.2, 0.25) is 0 Å². The van der Waals surface area contributed by atoms with Gasteiger partial charge in [0.05, 0.1) is 5.41 Å². The van der Waals surface area contributed by atoms with Crippen LogP contribution in [0.5, 0.6) is 0 Å². The molecule has 0 aliphatic carbocycles. The highest BCUT2D eigenvalue weighted by atomic mass is 19.1. The first-order valence-corrected chi connectivity index (χ1v) is 8.18. The second kappa shape index (κ2) is 7.55. The average molecular weight is 335 g/mol. The number of carboxylic acids is 1. The van der Waals surface area contributed by atoms with Gasteiger partial charge >= 0.3 is 5.97 Å². The van der Waals surface area contributed by atoms with Gasteiger partial charge in [-0.1, -0.05) is 6.92 Å². The first-order valence-electron chi connectivity index (χ1n) is 8.18. The Bertz CT molecular complexity index is 628. The van der Waals surface area contributed by atoms with Gasteiger partial charge in [-0.15, -0.1) is 0 Å². The van der Waals surface area contributed by atoms with Gasteiger partial charge < -0.3 is 10.0 Å². The Balaban J connectivity index is 1.93. The smallest absolute Gasteiger partial charge is 0.311 e. The van der Waals surface area contributed by atoms with Gasteiger partial charge in [0.1, 0.15) is 5.82 Å². The van der Waals surface area contributed by atoms with Gasteiger partial charge in [-0.25, -0.2) is 4.39 Å². The lowest BCUT2D eigenvalue weighted by molar-refractivity contribution is -0.155. The maximum atomic E-state index is 12.9. The molecule has 0 aromatic heterocycles. The number of carbonyl (C=O) groups excluding carboxylic acids is 2. The van der Waals surface area contributed by atoms with E-state index in [1.807, 2.05) is 6.92 Å². The van der Waals surface area contributed by atoms with Gasteiger partial charge in [-0.05, 0) is 43.5 Å². The highest BCUT2D eigenvalue weighted by molar-refractivity contribution is 5.98. The van der Waals surface area contributed by atoms with E-state index in [4.69, 9.17) is 0 Å². The summed E-state index contributed by atoms with van der Waals surface area (Å²) in [5.41, 5.74) is -0.509. The highest BCUT2D eigenvalue weighted by Crippen LogP contribution is 2.34. The number of benzene rings is 1. The molecule has 6 heteroatoms. The maximum absolute atomic E-state index is 12.9. The molecule has 1 N–H and O–H groups in total. The Labute approximate surface area is 140 Å². The van der Waals surface area contributed by atoms with E-state index in [9.17, 15) is 23.9 Å². The Morgan fingerprint density at radius 2 is 1.88 bits per heavy atom. The molecule has 5 nitrogen and oxygen atoms in total. The summed E-state index contributed by atoms with van der Waals surface area (Å²) in [4.78, 5) is 37.5. The summed E-state index contributed by atoms with van der Waals surface area (Å²) in [6, 6.07) is 5.22. The molecule has 1 fully saturated rings. The summed E-state index contributed by atoms with van der Waals surface area (Å²) in [5, 5.41) is 9.45. The molecule has 24 heavy (non-hydrogen) atoms. The van der Waals surface area contributed by atoms with Gasteiger partial charge in [0.25, 0.3) is 0 Å². The summed E-state index contributed by atoms with van der Waals surface area (Å²) in [6.45, 7) is 2.54. The molecule has 1 aliphatic rings. The fourth-order valence-electron chi connectivity index (χ4n) is 3.12. The molecule has 0 unspecified atom stereocenters. The summed E-state index contributed by atoms with van der Waals surface area (Å²) < 4.78 is 12.9. The van der Waals surface area contributed by atoms with E-state index in [1.165, 1.54) is 24.3 Å². The predicted octanol–water partition coefficient (Wildman–Crippen LogP) is 2.89. The molecule has 0 bridgehead atoms. The highest BCUT2D eigenvalue weighted by Gasteiger charge is 2.41. The number of carboxylic acid groups (broad SMARTS) is 1. The predicted molar refractivity (Wildman–Crippen MR) is 86.1 cm³/mol. The zero-order chi connectivity index (χ0) is 17.7. The van der Waals surface area contributed by atoms with Crippen LogP contribution in [0.15, 0.2) is 24.3 Å². The molecule has 1 aromatic rings. The van der Waals surface area contributed by atoms with Crippen LogP contribution in [-0.4, -0.2) is 40.8 Å². The number of piperidine rings is 1. The first-order chi connectivity index (χ1) is 11.4. The van der Waals surface area contributed by atoms with Crippen molar-refractivity contribution >= 4 is 17.7 Å². The molecule has 2 rings (SSSR count). The number of rotatable bonds is 6. The largest absolute Gasteiger partial charge is 0.481 e. The minimum atomic E-state index is -0.880. The first kappa shape index (κ1) is 18.1. The number of hydrogen-bond acceptors (Lipinski definition) is 3. The van der Waals surface area contributed by atoms with Crippen LogP contribution in [0.4, 0.5) is 4.39 Å². The maximum Gasteiger partial charge on any atom is 0.311 e. The molecule has 1 amide bonds. The Hall–Kier alpha value is -2.24.